The van der Waals surface area contributed by atoms with Crippen molar-refractivity contribution in [2.24, 2.45) is 5.92 Å². The largest absolute Gasteiger partial charge is 0.382 e. The van der Waals surface area contributed by atoms with Gasteiger partial charge < -0.3 is 14.6 Å². The molecule has 0 aromatic carbocycles. The Morgan fingerprint density at radius 3 is 2.75 bits per heavy atom. The third-order valence-corrected chi connectivity index (χ3v) is 3.50. The highest BCUT2D eigenvalue weighted by Gasteiger charge is 2.09. The monoisotopic (exact) mass is 281 g/mol. The first-order chi connectivity index (χ1) is 9.65. The number of imidazole rings is 1. The number of anilines is 1. The molecule has 1 rings (SSSR count). The molecule has 116 valence electrons. The molecule has 0 aliphatic carbocycles. The molecule has 1 aromatic rings. The molecular weight excluding hydrogens is 250 g/mol. The van der Waals surface area contributed by atoms with Gasteiger partial charge in [-0.05, 0) is 32.6 Å². The summed E-state index contributed by atoms with van der Waals surface area (Å²) in [6.07, 6.45) is 8.76. The van der Waals surface area contributed by atoms with Crippen LogP contribution >= 0.6 is 0 Å². The number of rotatable bonds is 11. The summed E-state index contributed by atoms with van der Waals surface area (Å²) in [4.78, 5) is 4.41. The first-order valence-corrected chi connectivity index (χ1v) is 7.99. The summed E-state index contributed by atoms with van der Waals surface area (Å²) < 4.78 is 7.59. The molecular formula is C16H31N3O. The van der Waals surface area contributed by atoms with Crippen molar-refractivity contribution < 1.29 is 4.74 Å². The zero-order chi connectivity index (χ0) is 14.8. The first-order valence-electron chi connectivity index (χ1n) is 7.99. The smallest absolute Gasteiger partial charge is 0.203 e. The van der Waals surface area contributed by atoms with E-state index >= 15 is 0 Å². The second kappa shape index (κ2) is 9.81. The third kappa shape index (κ3) is 6.42. The molecule has 0 amide bonds. The Bertz CT molecular complexity index is 349. The SMILES string of the molecule is CCOCCCNc1nccn1C(C)CCCC(C)C. The molecule has 0 saturated carbocycles. The molecule has 20 heavy (non-hydrogen) atoms. The van der Waals surface area contributed by atoms with Gasteiger partial charge in [-0.15, -0.1) is 0 Å². The normalized spacial score (nSPS) is 12.8. The standard InChI is InChI=1S/C16H31N3O/c1-5-20-13-7-10-17-16-18-11-12-19(16)15(4)9-6-8-14(2)3/h11-12,14-15H,5-10,13H2,1-4H3,(H,17,18). The van der Waals surface area contributed by atoms with Gasteiger partial charge in [-0.3, -0.25) is 0 Å². The number of hydrogen-bond acceptors (Lipinski definition) is 3. The van der Waals surface area contributed by atoms with Gasteiger partial charge in [-0.25, -0.2) is 4.98 Å². The average molecular weight is 281 g/mol. The van der Waals surface area contributed by atoms with E-state index in [9.17, 15) is 0 Å². The minimum Gasteiger partial charge on any atom is -0.382 e. The summed E-state index contributed by atoms with van der Waals surface area (Å²) >= 11 is 0. The molecule has 1 atom stereocenters. The zero-order valence-corrected chi connectivity index (χ0v) is 13.6. The summed E-state index contributed by atoms with van der Waals surface area (Å²) in [5.41, 5.74) is 0. The van der Waals surface area contributed by atoms with Crippen LogP contribution in [0.3, 0.4) is 0 Å². The summed E-state index contributed by atoms with van der Waals surface area (Å²) in [6.45, 7) is 11.4. The fourth-order valence-corrected chi connectivity index (χ4v) is 2.28. The van der Waals surface area contributed by atoms with Crippen LogP contribution in [0.5, 0.6) is 0 Å². The van der Waals surface area contributed by atoms with Gasteiger partial charge in [0.1, 0.15) is 0 Å². The van der Waals surface area contributed by atoms with Gasteiger partial charge >= 0.3 is 0 Å². The van der Waals surface area contributed by atoms with Crippen molar-refractivity contribution in [3.05, 3.63) is 12.4 Å². The molecule has 1 aromatic heterocycles. The van der Waals surface area contributed by atoms with Crippen LogP contribution in [0.1, 0.15) is 59.4 Å². The van der Waals surface area contributed by atoms with Crippen molar-refractivity contribution in [2.75, 3.05) is 25.1 Å². The van der Waals surface area contributed by atoms with E-state index in [0.717, 1.165) is 38.0 Å². The summed E-state index contributed by atoms with van der Waals surface area (Å²) in [7, 11) is 0. The van der Waals surface area contributed by atoms with Crippen molar-refractivity contribution in [3.8, 4) is 0 Å². The summed E-state index contributed by atoms with van der Waals surface area (Å²) in [5, 5.41) is 3.40. The van der Waals surface area contributed by atoms with Crippen molar-refractivity contribution in [1.82, 2.24) is 9.55 Å². The quantitative estimate of drug-likeness (QED) is 0.620. The molecule has 1 N–H and O–H groups in total. The Morgan fingerprint density at radius 2 is 2.05 bits per heavy atom. The molecule has 0 spiro atoms. The molecule has 1 heterocycles. The maximum absolute atomic E-state index is 5.34. The van der Waals surface area contributed by atoms with E-state index in [1.807, 2.05) is 13.1 Å². The Hall–Kier alpha value is -1.03. The molecule has 0 radical (unpaired) electrons. The Labute approximate surface area is 123 Å². The lowest BCUT2D eigenvalue weighted by Gasteiger charge is -2.17. The van der Waals surface area contributed by atoms with E-state index in [0.29, 0.717) is 6.04 Å². The number of nitrogens with zero attached hydrogens (tertiary/aromatic N) is 2. The first kappa shape index (κ1) is 17.0. The highest BCUT2D eigenvalue weighted by Crippen LogP contribution is 2.20. The van der Waals surface area contributed by atoms with E-state index in [1.54, 1.807) is 0 Å². The minimum atomic E-state index is 0.505. The summed E-state index contributed by atoms with van der Waals surface area (Å²) in [6, 6.07) is 0.505. The van der Waals surface area contributed by atoms with E-state index in [2.05, 4.69) is 41.8 Å². The second-order valence-electron chi connectivity index (χ2n) is 5.81. The topological polar surface area (TPSA) is 39.1 Å². The van der Waals surface area contributed by atoms with Crippen LogP contribution in [-0.4, -0.2) is 29.3 Å². The van der Waals surface area contributed by atoms with E-state index in [-0.39, 0.29) is 0 Å². The van der Waals surface area contributed by atoms with Gasteiger partial charge in [0.25, 0.3) is 0 Å². The third-order valence-electron chi connectivity index (χ3n) is 3.50. The number of hydrogen-bond donors (Lipinski definition) is 1. The molecule has 0 fully saturated rings. The fraction of sp³-hybridized carbons (Fsp3) is 0.812. The van der Waals surface area contributed by atoms with Crippen LogP contribution in [0, 0.1) is 5.92 Å². The predicted octanol–water partition coefficient (Wildman–Crippen LogP) is 4.11. The minimum absolute atomic E-state index is 0.505. The van der Waals surface area contributed by atoms with Gasteiger partial charge in [0.15, 0.2) is 0 Å². The van der Waals surface area contributed by atoms with Gasteiger partial charge in [-0.1, -0.05) is 26.7 Å². The Balaban J connectivity index is 2.33. The lowest BCUT2D eigenvalue weighted by atomic mass is 10.0. The number of ether oxygens (including phenoxy) is 1. The van der Waals surface area contributed by atoms with E-state index in [1.165, 1.54) is 19.3 Å². The van der Waals surface area contributed by atoms with Crippen molar-refractivity contribution >= 4 is 5.95 Å². The Kier molecular flexibility index (Phi) is 8.35. The highest BCUT2D eigenvalue weighted by atomic mass is 16.5. The van der Waals surface area contributed by atoms with Crippen LogP contribution in [-0.2, 0) is 4.74 Å². The lowest BCUT2D eigenvalue weighted by Crippen LogP contribution is -2.13. The van der Waals surface area contributed by atoms with Crippen molar-refractivity contribution in [2.45, 2.75) is 59.4 Å². The van der Waals surface area contributed by atoms with Gasteiger partial charge in [0.05, 0.1) is 0 Å². The van der Waals surface area contributed by atoms with Crippen LogP contribution in [0.4, 0.5) is 5.95 Å². The van der Waals surface area contributed by atoms with Crippen molar-refractivity contribution in [3.63, 3.8) is 0 Å². The predicted molar refractivity (Wildman–Crippen MR) is 85.2 cm³/mol. The molecule has 4 nitrogen and oxygen atoms in total. The van der Waals surface area contributed by atoms with E-state index < -0.39 is 0 Å². The second-order valence-corrected chi connectivity index (χ2v) is 5.81. The van der Waals surface area contributed by atoms with Crippen LogP contribution in [0.25, 0.3) is 0 Å². The lowest BCUT2D eigenvalue weighted by molar-refractivity contribution is 0.147. The molecule has 0 saturated heterocycles. The highest BCUT2D eigenvalue weighted by molar-refractivity contribution is 5.26. The molecule has 1 unspecified atom stereocenters. The average Bonchev–Trinajstić information content (AvgIpc) is 2.86. The van der Waals surface area contributed by atoms with Crippen LogP contribution in [0.2, 0.25) is 0 Å². The summed E-state index contributed by atoms with van der Waals surface area (Å²) in [5.74, 6) is 1.78. The molecule has 0 aliphatic heterocycles. The number of aromatic nitrogens is 2. The maximum atomic E-state index is 5.34. The maximum Gasteiger partial charge on any atom is 0.203 e. The molecule has 0 aliphatic rings. The molecule has 0 bridgehead atoms. The van der Waals surface area contributed by atoms with Gasteiger partial charge in [0.2, 0.25) is 5.95 Å². The van der Waals surface area contributed by atoms with Crippen LogP contribution in [0.15, 0.2) is 12.4 Å². The number of nitrogens with one attached hydrogen (secondary N) is 1. The van der Waals surface area contributed by atoms with E-state index in [4.69, 9.17) is 4.74 Å². The Morgan fingerprint density at radius 1 is 1.25 bits per heavy atom. The van der Waals surface area contributed by atoms with Crippen LogP contribution < -0.4 is 5.32 Å². The molecule has 4 heteroatoms. The van der Waals surface area contributed by atoms with Gasteiger partial charge in [-0.2, -0.15) is 0 Å². The van der Waals surface area contributed by atoms with Gasteiger partial charge in [0, 0.05) is 38.2 Å². The zero-order valence-electron chi connectivity index (χ0n) is 13.6. The fourth-order valence-electron chi connectivity index (χ4n) is 2.28. The van der Waals surface area contributed by atoms with Crippen molar-refractivity contribution in [1.29, 1.82) is 0 Å².